The molecule has 1 amide bonds. The normalized spacial score (nSPS) is 10.9. The van der Waals surface area contributed by atoms with Gasteiger partial charge in [-0.1, -0.05) is 24.3 Å². The molecule has 30 heavy (non-hydrogen) atoms. The topological polar surface area (TPSA) is 89.0 Å². The molecule has 7 heteroatoms. The molecule has 0 aliphatic rings. The molecule has 0 spiro atoms. The number of rotatable bonds is 6. The first-order valence-electron chi connectivity index (χ1n) is 9.74. The maximum Gasteiger partial charge on any atom is 0.341 e. The summed E-state index contributed by atoms with van der Waals surface area (Å²) < 4.78 is 6.72. The van der Waals surface area contributed by atoms with Crippen molar-refractivity contribution in [2.24, 2.45) is 0 Å². The number of H-pyrrole nitrogens is 1. The van der Waals surface area contributed by atoms with Crippen LogP contribution >= 0.6 is 0 Å². The Morgan fingerprint density at radius 2 is 2.00 bits per heavy atom. The van der Waals surface area contributed by atoms with Crippen molar-refractivity contribution < 1.29 is 14.3 Å². The second kappa shape index (κ2) is 8.24. The fourth-order valence-corrected chi connectivity index (χ4v) is 3.45. The van der Waals surface area contributed by atoms with Gasteiger partial charge in [-0.2, -0.15) is 5.10 Å². The lowest BCUT2D eigenvalue weighted by molar-refractivity contribution is -0.115. The Morgan fingerprint density at radius 3 is 2.83 bits per heavy atom. The number of hydrogen-bond donors (Lipinski definition) is 2. The number of ether oxygens (including phenoxy) is 1. The van der Waals surface area contributed by atoms with Crippen LogP contribution in [0.1, 0.15) is 28.5 Å². The van der Waals surface area contributed by atoms with Crippen LogP contribution < -0.4 is 5.32 Å². The number of para-hydroxylation sites is 1. The van der Waals surface area contributed by atoms with E-state index in [1.165, 1.54) is 6.20 Å². The van der Waals surface area contributed by atoms with E-state index in [1.54, 1.807) is 11.6 Å². The lowest BCUT2D eigenvalue weighted by Gasteiger charge is -2.09. The Balaban J connectivity index is 1.51. The second-order valence-electron chi connectivity index (χ2n) is 6.91. The molecule has 0 aliphatic heterocycles. The van der Waals surface area contributed by atoms with Gasteiger partial charge in [-0.25, -0.2) is 9.48 Å². The highest BCUT2D eigenvalue weighted by atomic mass is 16.5. The van der Waals surface area contributed by atoms with E-state index in [2.05, 4.69) is 15.4 Å². The van der Waals surface area contributed by atoms with E-state index in [0.29, 0.717) is 23.6 Å². The first-order valence-corrected chi connectivity index (χ1v) is 9.74. The van der Waals surface area contributed by atoms with Crippen molar-refractivity contribution >= 4 is 28.5 Å². The van der Waals surface area contributed by atoms with E-state index >= 15 is 0 Å². The molecule has 0 atom stereocenters. The van der Waals surface area contributed by atoms with Crippen LogP contribution in [-0.4, -0.2) is 33.2 Å². The fraction of sp³-hybridized carbons (Fsp3) is 0.174. The Hall–Kier alpha value is -3.87. The molecule has 0 saturated carbocycles. The van der Waals surface area contributed by atoms with Gasteiger partial charge in [0.1, 0.15) is 5.56 Å². The molecule has 4 rings (SSSR count). The summed E-state index contributed by atoms with van der Waals surface area (Å²) in [7, 11) is 0. The zero-order valence-electron chi connectivity index (χ0n) is 16.8. The van der Waals surface area contributed by atoms with Gasteiger partial charge in [0, 0.05) is 22.8 Å². The van der Waals surface area contributed by atoms with Gasteiger partial charge in [0.2, 0.25) is 5.91 Å². The summed E-state index contributed by atoms with van der Waals surface area (Å²) in [6.45, 7) is 3.88. The van der Waals surface area contributed by atoms with Crippen molar-refractivity contribution in [2.75, 3.05) is 11.9 Å². The molecule has 0 aliphatic carbocycles. The summed E-state index contributed by atoms with van der Waals surface area (Å²) in [5.41, 5.74) is 4.45. The Kier molecular flexibility index (Phi) is 5.34. The maximum absolute atomic E-state index is 12.6. The fourth-order valence-electron chi connectivity index (χ4n) is 3.45. The first kappa shape index (κ1) is 19.4. The van der Waals surface area contributed by atoms with Crippen LogP contribution in [0.5, 0.6) is 0 Å². The largest absolute Gasteiger partial charge is 0.462 e. The SMILES string of the molecule is CCOC(=O)c1cnn(-c2cccc(NC(=O)Cc3c[nH]c4ccccc34)c2)c1C. The summed E-state index contributed by atoms with van der Waals surface area (Å²) in [6, 6.07) is 15.2. The van der Waals surface area contributed by atoms with Gasteiger partial charge >= 0.3 is 5.97 Å². The highest BCUT2D eigenvalue weighted by molar-refractivity contribution is 5.96. The minimum atomic E-state index is -0.399. The number of anilines is 1. The van der Waals surface area contributed by atoms with E-state index in [4.69, 9.17) is 4.74 Å². The Labute approximate surface area is 173 Å². The van der Waals surface area contributed by atoms with Gasteiger partial charge < -0.3 is 15.0 Å². The molecule has 2 aromatic heterocycles. The minimum Gasteiger partial charge on any atom is -0.462 e. The predicted molar refractivity (Wildman–Crippen MR) is 115 cm³/mol. The van der Waals surface area contributed by atoms with Crippen LogP contribution in [-0.2, 0) is 16.0 Å². The molecule has 4 aromatic rings. The summed E-state index contributed by atoms with van der Waals surface area (Å²) in [4.78, 5) is 27.8. The molecule has 0 radical (unpaired) electrons. The van der Waals surface area contributed by atoms with Crippen LogP contribution in [0.15, 0.2) is 60.9 Å². The van der Waals surface area contributed by atoms with Gasteiger partial charge in [-0.3, -0.25) is 4.79 Å². The number of carbonyl (C=O) groups is 2. The van der Waals surface area contributed by atoms with Crippen molar-refractivity contribution in [2.45, 2.75) is 20.3 Å². The van der Waals surface area contributed by atoms with Crippen LogP contribution in [0.2, 0.25) is 0 Å². The molecule has 2 heterocycles. The third-order valence-electron chi connectivity index (χ3n) is 4.91. The van der Waals surface area contributed by atoms with Crippen LogP contribution in [0.3, 0.4) is 0 Å². The van der Waals surface area contributed by atoms with Crippen molar-refractivity contribution in [1.82, 2.24) is 14.8 Å². The lowest BCUT2D eigenvalue weighted by Crippen LogP contribution is -2.14. The monoisotopic (exact) mass is 402 g/mol. The Morgan fingerprint density at radius 1 is 1.17 bits per heavy atom. The van der Waals surface area contributed by atoms with Crippen molar-refractivity contribution in [3.8, 4) is 5.69 Å². The molecule has 0 unspecified atom stereocenters. The van der Waals surface area contributed by atoms with Gasteiger partial charge in [0.25, 0.3) is 0 Å². The van der Waals surface area contributed by atoms with Crippen LogP contribution in [0.4, 0.5) is 5.69 Å². The number of carbonyl (C=O) groups excluding carboxylic acids is 2. The number of aromatic amines is 1. The molecule has 0 saturated heterocycles. The van der Waals surface area contributed by atoms with E-state index in [0.717, 1.165) is 22.2 Å². The average molecular weight is 402 g/mol. The lowest BCUT2D eigenvalue weighted by atomic mass is 10.1. The zero-order valence-corrected chi connectivity index (χ0v) is 16.8. The van der Waals surface area contributed by atoms with E-state index in [1.807, 2.05) is 61.7 Å². The molecule has 152 valence electrons. The first-order chi connectivity index (χ1) is 14.6. The third kappa shape index (κ3) is 3.82. The number of nitrogens with zero attached hydrogens (tertiary/aromatic N) is 2. The summed E-state index contributed by atoms with van der Waals surface area (Å²) in [5, 5.41) is 8.28. The van der Waals surface area contributed by atoms with E-state index in [-0.39, 0.29) is 12.3 Å². The zero-order chi connectivity index (χ0) is 21.1. The van der Waals surface area contributed by atoms with Crippen molar-refractivity contribution in [3.63, 3.8) is 0 Å². The number of amides is 1. The highest BCUT2D eigenvalue weighted by Gasteiger charge is 2.16. The number of hydrogen-bond acceptors (Lipinski definition) is 4. The number of esters is 1. The molecule has 2 N–H and O–H groups in total. The Bertz CT molecular complexity index is 1220. The number of aromatic nitrogens is 3. The van der Waals surface area contributed by atoms with Gasteiger partial charge in [0.15, 0.2) is 0 Å². The molecule has 0 fully saturated rings. The molecule has 7 nitrogen and oxygen atoms in total. The third-order valence-corrected chi connectivity index (χ3v) is 4.91. The summed E-state index contributed by atoms with van der Waals surface area (Å²) in [6.07, 6.45) is 3.63. The molecule has 2 aromatic carbocycles. The average Bonchev–Trinajstić information content (AvgIpc) is 3.32. The second-order valence-corrected chi connectivity index (χ2v) is 6.91. The smallest absolute Gasteiger partial charge is 0.341 e. The quantitative estimate of drug-likeness (QED) is 0.477. The minimum absolute atomic E-state index is 0.110. The standard InChI is InChI=1S/C23H22N4O3/c1-3-30-23(29)20-14-25-27(15(20)2)18-8-6-7-17(12-18)26-22(28)11-16-13-24-21-10-5-4-9-19(16)21/h4-10,12-14,24H,3,11H2,1-2H3,(H,26,28). The summed E-state index contributed by atoms with van der Waals surface area (Å²) in [5.74, 6) is -0.509. The molecular weight excluding hydrogens is 380 g/mol. The van der Waals surface area contributed by atoms with E-state index < -0.39 is 5.97 Å². The molecule has 0 bridgehead atoms. The van der Waals surface area contributed by atoms with Crippen molar-refractivity contribution in [3.05, 3.63) is 77.7 Å². The van der Waals surface area contributed by atoms with Gasteiger partial charge in [-0.15, -0.1) is 0 Å². The number of fused-ring (bicyclic) bond motifs is 1. The van der Waals surface area contributed by atoms with Crippen LogP contribution in [0, 0.1) is 6.92 Å². The highest BCUT2D eigenvalue weighted by Crippen LogP contribution is 2.21. The molecular formula is C23H22N4O3. The number of benzene rings is 2. The number of nitrogens with one attached hydrogen (secondary N) is 2. The van der Waals surface area contributed by atoms with Crippen LogP contribution in [0.25, 0.3) is 16.6 Å². The van der Waals surface area contributed by atoms with Gasteiger partial charge in [0.05, 0.1) is 30.6 Å². The summed E-state index contributed by atoms with van der Waals surface area (Å²) >= 11 is 0. The van der Waals surface area contributed by atoms with E-state index in [9.17, 15) is 9.59 Å². The van der Waals surface area contributed by atoms with Crippen molar-refractivity contribution in [1.29, 1.82) is 0 Å². The van der Waals surface area contributed by atoms with Gasteiger partial charge in [-0.05, 0) is 43.7 Å². The maximum atomic E-state index is 12.6. The predicted octanol–water partition coefficient (Wildman–Crippen LogP) is 4.02.